The van der Waals surface area contributed by atoms with E-state index in [1.165, 1.54) is 45.2 Å². The molecule has 2 rings (SSSR count). The number of nitrogens with zero attached hydrogens (tertiary/aromatic N) is 1. The lowest BCUT2D eigenvalue weighted by Crippen LogP contribution is -2.24. The molecule has 0 aromatic rings. The molecule has 0 N–H and O–H groups in total. The highest BCUT2D eigenvalue weighted by Crippen LogP contribution is 2.29. The molecule has 0 amide bonds. The number of hydrogen-bond donors (Lipinski definition) is 0. The number of rotatable bonds is 1. The lowest BCUT2D eigenvalue weighted by atomic mass is 9.93. The van der Waals surface area contributed by atoms with Gasteiger partial charge >= 0.3 is 0 Å². The summed E-state index contributed by atoms with van der Waals surface area (Å²) < 4.78 is 0. The van der Waals surface area contributed by atoms with Crippen LogP contribution >= 0.6 is 0 Å². The maximum atomic E-state index is 2.60. The zero-order valence-electron chi connectivity index (χ0n) is 8.05. The summed E-state index contributed by atoms with van der Waals surface area (Å²) in [7, 11) is 0. The Bertz CT molecular complexity index is 177. The molecule has 2 aliphatic rings. The van der Waals surface area contributed by atoms with E-state index in [0.29, 0.717) is 0 Å². The van der Waals surface area contributed by atoms with Gasteiger partial charge in [-0.25, -0.2) is 0 Å². The molecule has 1 heteroatoms. The number of hydrogen-bond acceptors (Lipinski definition) is 1. The molecule has 1 saturated heterocycles. The molecule has 0 radical (unpaired) electrons. The van der Waals surface area contributed by atoms with E-state index >= 15 is 0 Å². The van der Waals surface area contributed by atoms with Crippen LogP contribution in [-0.2, 0) is 0 Å². The highest BCUT2D eigenvalue weighted by molar-refractivity contribution is 5.09. The van der Waals surface area contributed by atoms with Crippen molar-refractivity contribution < 1.29 is 0 Å². The first kappa shape index (κ1) is 8.15. The van der Waals surface area contributed by atoms with Crippen LogP contribution in [-0.4, -0.2) is 18.0 Å². The number of allylic oxidation sites excluding steroid dienone is 2. The monoisotopic (exact) mass is 165 g/mol. The molecule has 1 aliphatic heterocycles. The van der Waals surface area contributed by atoms with E-state index in [-0.39, 0.29) is 0 Å². The van der Waals surface area contributed by atoms with Crippen LogP contribution in [0.2, 0.25) is 0 Å². The van der Waals surface area contributed by atoms with Crippen LogP contribution in [0, 0.1) is 5.92 Å². The van der Waals surface area contributed by atoms with Crippen molar-refractivity contribution in [2.45, 2.75) is 39.0 Å². The summed E-state index contributed by atoms with van der Waals surface area (Å²) in [5, 5.41) is 0. The predicted octanol–water partition coefficient (Wildman–Crippen LogP) is 2.79. The summed E-state index contributed by atoms with van der Waals surface area (Å²) in [6.45, 7) is 5.01. The van der Waals surface area contributed by atoms with E-state index in [2.05, 4.69) is 17.9 Å². The SMILES string of the molecule is C[C@@H]1CCCC=C1N1CCCC1. The van der Waals surface area contributed by atoms with Gasteiger partial charge in [0.25, 0.3) is 0 Å². The van der Waals surface area contributed by atoms with Crippen LogP contribution in [0.15, 0.2) is 11.8 Å². The molecule has 1 aliphatic carbocycles. The molecular formula is C11H19N. The van der Waals surface area contributed by atoms with Crippen LogP contribution in [0.4, 0.5) is 0 Å². The van der Waals surface area contributed by atoms with Gasteiger partial charge in [0.2, 0.25) is 0 Å². The molecule has 0 saturated carbocycles. The van der Waals surface area contributed by atoms with Crippen molar-refractivity contribution in [1.82, 2.24) is 4.90 Å². The molecule has 68 valence electrons. The van der Waals surface area contributed by atoms with Gasteiger partial charge in [-0.3, -0.25) is 0 Å². The zero-order chi connectivity index (χ0) is 8.39. The molecule has 1 heterocycles. The smallest absolute Gasteiger partial charge is 0.0175 e. The predicted molar refractivity (Wildman–Crippen MR) is 51.9 cm³/mol. The van der Waals surface area contributed by atoms with Crippen molar-refractivity contribution in [2.75, 3.05) is 13.1 Å². The van der Waals surface area contributed by atoms with Crippen molar-refractivity contribution in [1.29, 1.82) is 0 Å². The summed E-state index contributed by atoms with van der Waals surface area (Å²) in [5.74, 6) is 0.830. The molecule has 1 fully saturated rings. The highest BCUT2D eigenvalue weighted by atomic mass is 15.2. The minimum absolute atomic E-state index is 0.830. The Labute approximate surface area is 75.4 Å². The van der Waals surface area contributed by atoms with Gasteiger partial charge in [-0.2, -0.15) is 0 Å². The van der Waals surface area contributed by atoms with Gasteiger partial charge < -0.3 is 4.90 Å². The second-order valence-electron chi connectivity index (χ2n) is 4.16. The Morgan fingerprint density at radius 2 is 2.00 bits per heavy atom. The van der Waals surface area contributed by atoms with Gasteiger partial charge in [0.15, 0.2) is 0 Å². The van der Waals surface area contributed by atoms with Crippen LogP contribution < -0.4 is 0 Å². The second kappa shape index (κ2) is 3.51. The van der Waals surface area contributed by atoms with Crippen molar-refractivity contribution in [3.63, 3.8) is 0 Å². The quantitative estimate of drug-likeness (QED) is 0.577. The maximum Gasteiger partial charge on any atom is 0.0175 e. The average Bonchev–Trinajstić information content (AvgIpc) is 2.57. The molecule has 0 bridgehead atoms. The van der Waals surface area contributed by atoms with E-state index in [4.69, 9.17) is 0 Å². The van der Waals surface area contributed by atoms with Crippen LogP contribution in [0.3, 0.4) is 0 Å². The van der Waals surface area contributed by atoms with E-state index in [1.807, 2.05) is 0 Å². The fourth-order valence-electron chi connectivity index (χ4n) is 2.44. The third-order valence-corrected chi connectivity index (χ3v) is 3.17. The maximum absolute atomic E-state index is 2.60. The summed E-state index contributed by atoms with van der Waals surface area (Å²) in [4.78, 5) is 2.60. The Kier molecular flexibility index (Phi) is 2.38. The topological polar surface area (TPSA) is 3.24 Å². The van der Waals surface area contributed by atoms with E-state index < -0.39 is 0 Å². The summed E-state index contributed by atoms with van der Waals surface area (Å²) >= 11 is 0. The molecule has 0 unspecified atom stereocenters. The van der Waals surface area contributed by atoms with Gasteiger partial charge in [0.1, 0.15) is 0 Å². The average molecular weight is 165 g/mol. The highest BCUT2D eigenvalue weighted by Gasteiger charge is 2.20. The lowest BCUT2D eigenvalue weighted by molar-refractivity contribution is 0.344. The Morgan fingerprint density at radius 3 is 2.67 bits per heavy atom. The molecule has 0 aromatic heterocycles. The van der Waals surface area contributed by atoms with Crippen molar-refractivity contribution in [3.05, 3.63) is 11.8 Å². The lowest BCUT2D eigenvalue weighted by Gasteiger charge is -2.29. The summed E-state index contributed by atoms with van der Waals surface area (Å²) in [5.41, 5.74) is 1.65. The van der Waals surface area contributed by atoms with Gasteiger partial charge in [-0.05, 0) is 38.0 Å². The van der Waals surface area contributed by atoms with Crippen molar-refractivity contribution in [2.24, 2.45) is 5.92 Å². The standard InChI is InChI=1S/C11H19N/c1-10-6-2-3-7-11(10)12-8-4-5-9-12/h7,10H,2-6,8-9H2,1H3/t10-/m1/s1. The van der Waals surface area contributed by atoms with E-state index in [9.17, 15) is 0 Å². The third kappa shape index (κ3) is 1.50. The van der Waals surface area contributed by atoms with Gasteiger partial charge in [0, 0.05) is 18.8 Å². The first-order chi connectivity index (χ1) is 5.88. The molecule has 0 aromatic carbocycles. The molecule has 1 atom stereocenters. The van der Waals surface area contributed by atoms with Crippen molar-refractivity contribution in [3.8, 4) is 0 Å². The van der Waals surface area contributed by atoms with Gasteiger partial charge in [-0.15, -0.1) is 0 Å². The van der Waals surface area contributed by atoms with Gasteiger partial charge in [0.05, 0.1) is 0 Å². The molecular weight excluding hydrogens is 146 g/mol. The first-order valence-electron chi connectivity index (χ1n) is 5.33. The Morgan fingerprint density at radius 1 is 1.25 bits per heavy atom. The second-order valence-corrected chi connectivity index (χ2v) is 4.16. The van der Waals surface area contributed by atoms with E-state index in [0.717, 1.165) is 5.92 Å². The minimum Gasteiger partial charge on any atom is -0.375 e. The Hall–Kier alpha value is -0.460. The summed E-state index contributed by atoms with van der Waals surface area (Å²) in [6, 6.07) is 0. The van der Waals surface area contributed by atoms with Crippen LogP contribution in [0.5, 0.6) is 0 Å². The van der Waals surface area contributed by atoms with Crippen molar-refractivity contribution >= 4 is 0 Å². The van der Waals surface area contributed by atoms with E-state index in [1.54, 1.807) is 5.70 Å². The largest absolute Gasteiger partial charge is 0.375 e. The number of likely N-dealkylation sites (tertiary alicyclic amines) is 1. The summed E-state index contributed by atoms with van der Waals surface area (Å²) in [6.07, 6.45) is 9.41. The zero-order valence-corrected chi connectivity index (χ0v) is 8.05. The molecule has 0 spiro atoms. The fourth-order valence-corrected chi connectivity index (χ4v) is 2.44. The third-order valence-electron chi connectivity index (χ3n) is 3.17. The first-order valence-corrected chi connectivity index (χ1v) is 5.33. The van der Waals surface area contributed by atoms with Crippen LogP contribution in [0.1, 0.15) is 39.0 Å². The fraction of sp³-hybridized carbons (Fsp3) is 0.818. The molecule has 1 nitrogen and oxygen atoms in total. The normalized spacial score (nSPS) is 30.6. The molecule has 12 heavy (non-hydrogen) atoms. The Balaban J connectivity index is 2.04. The van der Waals surface area contributed by atoms with Gasteiger partial charge in [-0.1, -0.05) is 13.0 Å². The minimum atomic E-state index is 0.830. The van der Waals surface area contributed by atoms with Crippen LogP contribution in [0.25, 0.3) is 0 Å².